The number of rotatable bonds is 6. The summed E-state index contributed by atoms with van der Waals surface area (Å²) < 4.78 is 57.8. The maximum Gasteiger partial charge on any atom is 0.416 e. The normalized spacial score (nSPS) is 11.3. The van der Waals surface area contributed by atoms with Crippen molar-refractivity contribution in [3.63, 3.8) is 0 Å². The van der Waals surface area contributed by atoms with Crippen LogP contribution in [0.1, 0.15) is 5.56 Å². The van der Waals surface area contributed by atoms with Gasteiger partial charge in [0.2, 0.25) is 0 Å². The smallest absolute Gasteiger partial charge is 0.416 e. The van der Waals surface area contributed by atoms with E-state index in [4.69, 9.17) is 4.74 Å². The molecule has 1 N–H and O–H groups in total. The second kappa shape index (κ2) is 9.41. The number of halogens is 4. The van der Waals surface area contributed by atoms with Crippen LogP contribution in [0.2, 0.25) is 0 Å². The highest BCUT2D eigenvalue weighted by atomic mass is 32.1. The maximum atomic E-state index is 14.1. The Bertz CT molecular complexity index is 1290. The second-order valence-electron chi connectivity index (χ2n) is 6.93. The van der Waals surface area contributed by atoms with Crippen LogP contribution in [0.15, 0.2) is 78.2 Å². The molecule has 33 heavy (non-hydrogen) atoms. The molecule has 0 aliphatic rings. The number of nitrogens with zero attached hydrogens (tertiary/aromatic N) is 1. The molecule has 4 rings (SSSR count). The van der Waals surface area contributed by atoms with Crippen molar-refractivity contribution in [1.82, 2.24) is 4.98 Å². The van der Waals surface area contributed by atoms with Crippen LogP contribution in [0.25, 0.3) is 21.8 Å². The van der Waals surface area contributed by atoms with Gasteiger partial charge in [0.25, 0.3) is 5.91 Å². The molecule has 0 radical (unpaired) electrons. The zero-order chi connectivity index (χ0) is 23.4. The molecular weight excluding hydrogens is 456 g/mol. The molecule has 1 heterocycles. The van der Waals surface area contributed by atoms with E-state index in [2.05, 4.69) is 10.3 Å². The number of carbonyl (C=O) groups is 1. The first-order valence-corrected chi connectivity index (χ1v) is 10.6. The van der Waals surface area contributed by atoms with E-state index >= 15 is 0 Å². The average molecular weight is 472 g/mol. The Hall–Kier alpha value is -3.72. The topological polar surface area (TPSA) is 51.2 Å². The molecule has 0 bridgehead atoms. The van der Waals surface area contributed by atoms with Crippen molar-refractivity contribution in [1.29, 1.82) is 0 Å². The summed E-state index contributed by atoms with van der Waals surface area (Å²) in [5.41, 5.74) is 1.13. The number of alkyl halides is 3. The lowest BCUT2D eigenvalue weighted by atomic mass is 10.1. The number of nitrogens with one attached hydrogen (secondary N) is 1. The van der Waals surface area contributed by atoms with Crippen molar-refractivity contribution in [2.45, 2.75) is 6.18 Å². The lowest BCUT2D eigenvalue weighted by Gasteiger charge is -2.12. The van der Waals surface area contributed by atoms with Crippen LogP contribution < -0.4 is 10.1 Å². The molecule has 3 aromatic carbocycles. The average Bonchev–Trinajstić information content (AvgIpc) is 3.28. The number of ether oxygens (including phenoxy) is 1. The molecule has 0 saturated heterocycles. The molecule has 1 aromatic heterocycles. The van der Waals surface area contributed by atoms with Crippen LogP contribution >= 0.6 is 11.3 Å². The summed E-state index contributed by atoms with van der Waals surface area (Å²) in [6.45, 7) is -0.479. The molecule has 0 atom stereocenters. The first-order chi connectivity index (χ1) is 15.8. The number of hydrogen-bond donors (Lipinski definition) is 1. The second-order valence-corrected chi connectivity index (χ2v) is 7.78. The van der Waals surface area contributed by atoms with Crippen molar-refractivity contribution in [3.8, 4) is 27.6 Å². The third kappa shape index (κ3) is 5.38. The van der Waals surface area contributed by atoms with Crippen LogP contribution in [-0.4, -0.2) is 17.5 Å². The first-order valence-electron chi connectivity index (χ1n) is 9.71. The van der Waals surface area contributed by atoms with Gasteiger partial charge in [-0.1, -0.05) is 36.4 Å². The van der Waals surface area contributed by atoms with Crippen molar-refractivity contribution in [2.75, 3.05) is 11.9 Å². The van der Waals surface area contributed by atoms with Gasteiger partial charge in [0.1, 0.15) is 16.6 Å². The van der Waals surface area contributed by atoms with E-state index in [1.807, 2.05) is 0 Å². The van der Waals surface area contributed by atoms with Gasteiger partial charge in [0.05, 0.1) is 16.9 Å². The van der Waals surface area contributed by atoms with Gasteiger partial charge in [-0.3, -0.25) is 4.79 Å². The van der Waals surface area contributed by atoms with E-state index in [1.165, 1.54) is 29.5 Å². The van der Waals surface area contributed by atoms with Crippen LogP contribution in [0.5, 0.6) is 5.75 Å². The van der Waals surface area contributed by atoms with Gasteiger partial charge < -0.3 is 10.1 Å². The van der Waals surface area contributed by atoms with E-state index in [9.17, 15) is 22.4 Å². The molecular formula is C24H16F4N2O2S. The number of aromatic nitrogens is 1. The van der Waals surface area contributed by atoms with Crippen LogP contribution in [-0.2, 0) is 11.0 Å². The van der Waals surface area contributed by atoms with E-state index in [0.717, 1.165) is 12.1 Å². The van der Waals surface area contributed by atoms with Gasteiger partial charge in [0.15, 0.2) is 6.61 Å². The zero-order valence-corrected chi connectivity index (χ0v) is 17.7. The molecule has 0 fully saturated rings. The predicted octanol–water partition coefficient (Wildman–Crippen LogP) is 6.65. The minimum atomic E-state index is -4.50. The standard InChI is InChI=1S/C24H16F4N2O2S/c25-19-10-3-1-8-17(19)23-30-21(14-33-23)18-9-2-4-11-20(18)29-22(31)13-32-16-7-5-6-15(12-16)24(26,27)28/h1-12,14H,13H2,(H,29,31). The third-order valence-electron chi connectivity index (χ3n) is 4.62. The largest absolute Gasteiger partial charge is 0.484 e. The van der Waals surface area contributed by atoms with Crippen LogP contribution in [0.4, 0.5) is 23.2 Å². The minimum absolute atomic E-state index is 0.0673. The van der Waals surface area contributed by atoms with E-state index in [0.29, 0.717) is 27.5 Å². The number of carbonyl (C=O) groups excluding carboxylic acids is 1. The van der Waals surface area contributed by atoms with Gasteiger partial charge in [-0.15, -0.1) is 11.3 Å². The lowest BCUT2D eigenvalue weighted by molar-refractivity contribution is -0.137. The Balaban J connectivity index is 1.48. The van der Waals surface area contributed by atoms with Gasteiger partial charge in [0, 0.05) is 16.5 Å². The van der Waals surface area contributed by atoms with E-state index < -0.39 is 24.3 Å². The molecule has 9 heteroatoms. The van der Waals surface area contributed by atoms with E-state index in [-0.39, 0.29) is 11.6 Å². The molecule has 0 aliphatic heterocycles. The van der Waals surface area contributed by atoms with Crippen molar-refractivity contribution >= 4 is 22.9 Å². The summed E-state index contributed by atoms with van der Waals surface area (Å²) in [6.07, 6.45) is -4.50. The molecule has 4 aromatic rings. The number of para-hydroxylation sites is 1. The van der Waals surface area contributed by atoms with Gasteiger partial charge in [-0.2, -0.15) is 13.2 Å². The highest BCUT2D eigenvalue weighted by Crippen LogP contribution is 2.34. The Morgan fingerprint density at radius 3 is 2.45 bits per heavy atom. The molecule has 4 nitrogen and oxygen atoms in total. The third-order valence-corrected chi connectivity index (χ3v) is 5.49. The molecule has 0 spiro atoms. The number of thiazole rings is 1. The summed E-state index contributed by atoms with van der Waals surface area (Å²) in [4.78, 5) is 16.9. The molecule has 0 saturated carbocycles. The molecule has 1 amide bonds. The fourth-order valence-electron chi connectivity index (χ4n) is 3.07. The molecule has 0 unspecified atom stereocenters. The number of benzene rings is 3. The summed E-state index contributed by atoms with van der Waals surface area (Å²) in [5, 5.41) is 4.94. The summed E-state index contributed by atoms with van der Waals surface area (Å²) in [7, 11) is 0. The fraction of sp³-hybridized carbons (Fsp3) is 0.0833. The zero-order valence-electron chi connectivity index (χ0n) is 16.9. The summed E-state index contributed by atoms with van der Waals surface area (Å²) >= 11 is 1.27. The number of hydrogen-bond acceptors (Lipinski definition) is 4. The minimum Gasteiger partial charge on any atom is -0.484 e. The quantitative estimate of drug-likeness (QED) is 0.320. The Morgan fingerprint density at radius 1 is 0.970 bits per heavy atom. The highest BCUT2D eigenvalue weighted by Gasteiger charge is 2.30. The highest BCUT2D eigenvalue weighted by molar-refractivity contribution is 7.13. The Morgan fingerprint density at radius 2 is 1.70 bits per heavy atom. The lowest BCUT2D eigenvalue weighted by Crippen LogP contribution is -2.20. The monoisotopic (exact) mass is 472 g/mol. The fourth-order valence-corrected chi connectivity index (χ4v) is 3.92. The summed E-state index contributed by atoms with van der Waals surface area (Å²) in [5.74, 6) is -1.00. The first kappa shape index (κ1) is 22.5. The Kier molecular flexibility index (Phi) is 6.41. The van der Waals surface area contributed by atoms with E-state index in [1.54, 1.807) is 47.8 Å². The van der Waals surface area contributed by atoms with Crippen LogP contribution in [0, 0.1) is 5.82 Å². The van der Waals surface area contributed by atoms with Gasteiger partial charge in [-0.05, 0) is 36.4 Å². The Labute approximate surface area is 190 Å². The van der Waals surface area contributed by atoms with Crippen LogP contribution in [0.3, 0.4) is 0 Å². The van der Waals surface area contributed by atoms with Crippen molar-refractivity contribution in [3.05, 3.63) is 89.6 Å². The van der Waals surface area contributed by atoms with Crippen molar-refractivity contribution in [2.24, 2.45) is 0 Å². The SMILES string of the molecule is O=C(COc1cccc(C(F)(F)F)c1)Nc1ccccc1-c1csc(-c2ccccc2F)n1. The van der Waals surface area contributed by atoms with Gasteiger partial charge in [-0.25, -0.2) is 9.37 Å². The molecule has 0 aliphatic carbocycles. The number of amides is 1. The maximum absolute atomic E-state index is 14.1. The predicted molar refractivity (Wildman–Crippen MR) is 119 cm³/mol. The number of anilines is 1. The molecule has 168 valence electrons. The summed E-state index contributed by atoms with van der Waals surface area (Å²) in [6, 6.07) is 17.5. The van der Waals surface area contributed by atoms with Gasteiger partial charge >= 0.3 is 6.18 Å². The van der Waals surface area contributed by atoms with Crippen molar-refractivity contribution < 1.29 is 27.1 Å².